The maximum absolute atomic E-state index is 11.7. The van der Waals surface area contributed by atoms with E-state index in [-0.39, 0.29) is 0 Å². The van der Waals surface area contributed by atoms with Crippen molar-refractivity contribution in [3.05, 3.63) is 41.3 Å². The van der Waals surface area contributed by atoms with Gasteiger partial charge in [-0.15, -0.1) is 11.3 Å². The Labute approximate surface area is 123 Å². The summed E-state index contributed by atoms with van der Waals surface area (Å²) in [6, 6.07) is 12.0. The predicted molar refractivity (Wildman–Crippen MR) is 84.3 cm³/mol. The first-order valence-corrected chi connectivity index (χ1v) is 7.32. The van der Waals surface area contributed by atoms with Crippen molar-refractivity contribution in [2.24, 2.45) is 0 Å². The fourth-order valence-electron chi connectivity index (χ4n) is 1.73. The molecule has 1 aromatic carbocycles. The summed E-state index contributed by atoms with van der Waals surface area (Å²) in [5, 5.41) is 2.72. The number of hydrogen-bond acceptors (Lipinski definition) is 3. The minimum absolute atomic E-state index is 0.433. The van der Waals surface area contributed by atoms with E-state index in [4.69, 9.17) is 4.74 Å². The number of anilines is 1. The average Bonchev–Trinajstić information content (AvgIpc) is 2.74. The highest BCUT2D eigenvalue weighted by atomic mass is 32.1. The van der Waals surface area contributed by atoms with E-state index in [9.17, 15) is 4.79 Å². The van der Waals surface area contributed by atoms with Crippen molar-refractivity contribution < 1.29 is 9.53 Å². The number of nitrogens with one attached hydrogen (secondary N) is 1. The molecular formula is C16H19NO2S. The smallest absolute Gasteiger partial charge is 0.412 e. The zero-order chi connectivity index (χ0) is 14.8. The lowest BCUT2D eigenvalue weighted by Gasteiger charge is -2.19. The molecule has 0 atom stereocenters. The molecule has 0 unspecified atom stereocenters. The predicted octanol–water partition coefficient (Wildman–Crippen LogP) is 5.07. The van der Waals surface area contributed by atoms with Gasteiger partial charge in [0.1, 0.15) is 5.60 Å². The van der Waals surface area contributed by atoms with Crippen molar-refractivity contribution >= 4 is 23.1 Å². The highest BCUT2D eigenvalue weighted by molar-refractivity contribution is 7.15. The molecule has 1 aromatic heterocycles. The molecule has 0 radical (unpaired) electrons. The molecule has 0 saturated heterocycles. The summed E-state index contributed by atoms with van der Waals surface area (Å²) in [4.78, 5) is 14.2. The third-order valence-electron chi connectivity index (χ3n) is 2.56. The number of benzene rings is 1. The van der Waals surface area contributed by atoms with Gasteiger partial charge in [0.25, 0.3) is 0 Å². The molecule has 0 aliphatic carbocycles. The van der Waals surface area contributed by atoms with Gasteiger partial charge in [0.05, 0.1) is 0 Å². The molecule has 0 saturated carbocycles. The summed E-state index contributed by atoms with van der Waals surface area (Å²) in [5.41, 5.74) is 1.40. The molecule has 3 nitrogen and oxygen atoms in total. The Kier molecular flexibility index (Phi) is 4.14. The fraction of sp³-hybridized carbons (Fsp3) is 0.312. The Hall–Kier alpha value is -1.81. The van der Waals surface area contributed by atoms with Crippen LogP contribution in [-0.2, 0) is 4.74 Å². The first-order chi connectivity index (χ1) is 9.33. The lowest BCUT2D eigenvalue weighted by atomic mass is 10.2. The highest BCUT2D eigenvalue weighted by Gasteiger charge is 2.16. The maximum atomic E-state index is 11.7. The molecular weight excluding hydrogens is 270 g/mol. The van der Waals surface area contributed by atoms with Crippen LogP contribution in [0.4, 0.5) is 10.5 Å². The topological polar surface area (TPSA) is 38.3 Å². The highest BCUT2D eigenvalue weighted by Crippen LogP contribution is 2.28. The molecule has 4 heteroatoms. The molecule has 0 bridgehead atoms. The molecule has 0 fully saturated rings. The Balaban J connectivity index is 2.03. The standard InChI is InChI=1S/C16H19NO2S/c1-11-5-10-14(20-11)12-6-8-13(9-7-12)17-15(18)19-16(2,3)4/h5-10H,1-4H3,(H,17,18). The van der Waals surface area contributed by atoms with Gasteiger partial charge in [-0.25, -0.2) is 4.79 Å². The van der Waals surface area contributed by atoms with Crippen LogP contribution in [0.1, 0.15) is 25.6 Å². The van der Waals surface area contributed by atoms with Crippen LogP contribution in [0.5, 0.6) is 0 Å². The van der Waals surface area contributed by atoms with Crippen molar-refractivity contribution in [2.75, 3.05) is 5.32 Å². The summed E-state index contributed by atoms with van der Waals surface area (Å²) < 4.78 is 5.21. The zero-order valence-electron chi connectivity index (χ0n) is 12.2. The zero-order valence-corrected chi connectivity index (χ0v) is 13.0. The Morgan fingerprint density at radius 3 is 2.25 bits per heavy atom. The van der Waals surface area contributed by atoms with E-state index in [1.54, 1.807) is 11.3 Å². The molecule has 1 heterocycles. The summed E-state index contributed by atoms with van der Waals surface area (Å²) in [6.45, 7) is 7.62. The van der Waals surface area contributed by atoms with E-state index in [2.05, 4.69) is 24.4 Å². The van der Waals surface area contributed by atoms with Gasteiger partial charge in [-0.05, 0) is 57.5 Å². The first kappa shape index (κ1) is 14.6. The molecule has 2 rings (SSSR count). The van der Waals surface area contributed by atoms with Crippen molar-refractivity contribution in [3.8, 4) is 10.4 Å². The summed E-state index contributed by atoms with van der Waals surface area (Å²) in [7, 11) is 0. The minimum Gasteiger partial charge on any atom is -0.444 e. The van der Waals surface area contributed by atoms with Gasteiger partial charge in [-0.2, -0.15) is 0 Å². The molecule has 1 amide bonds. The lowest BCUT2D eigenvalue weighted by Crippen LogP contribution is -2.27. The second-order valence-electron chi connectivity index (χ2n) is 5.61. The van der Waals surface area contributed by atoms with Crippen LogP contribution in [0.15, 0.2) is 36.4 Å². The van der Waals surface area contributed by atoms with Crippen LogP contribution in [0.2, 0.25) is 0 Å². The summed E-state index contributed by atoms with van der Waals surface area (Å²) >= 11 is 1.76. The number of ether oxygens (including phenoxy) is 1. The van der Waals surface area contributed by atoms with Crippen LogP contribution >= 0.6 is 11.3 Å². The van der Waals surface area contributed by atoms with E-state index in [0.29, 0.717) is 0 Å². The normalized spacial score (nSPS) is 11.2. The van der Waals surface area contributed by atoms with Crippen molar-refractivity contribution in [2.45, 2.75) is 33.3 Å². The molecule has 106 valence electrons. The second kappa shape index (κ2) is 5.67. The van der Waals surface area contributed by atoms with Gasteiger partial charge < -0.3 is 4.74 Å². The summed E-state index contributed by atoms with van der Waals surface area (Å²) in [5.74, 6) is 0. The molecule has 0 spiro atoms. The van der Waals surface area contributed by atoms with Gasteiger partial charge in [-0.1, -0.05) is 12.1 Å². The lowest BCUT2D eigenvalue weighted by molar-refractivity contribution is 0.0636. The number of thiophene rings is 1. The quantitative estimate of drug-likeness (QED) is 0.838. The third kappa shape index (κ3) is 4.10. The number of rotatable bonds is 2. The monoisotopic (exact) mass is 289 g/mol. The molecule has 20 heavy (non-hydrogen) atoms. The molecule has 2 aromatic rings. The van der Waals surface area contributed by atoms with Crippen molar-refractivity contribution in [3.63, 3.8) is 0 Å². The van der Waals surface area contributed by atoms with E-state index < -0.39 is 11.7 Å². The first-order valence-electron chi connectivity index (χ1n) is 6.50. The second-order valence-corrected chi connectivity index (χ2v) is 6.90. The largest absolute Gasteiger partial charge is 0.444 e. The van der Waals surface area contributed by atoms with Gasteiger partial charge in [-0.3, -0.25) is 5.32 Å². The van der Waals surface area contributed by atoms with Crippen LogP contribution in [-0.4, -0.2) is 11.7 Å². The van der Waals surface area contributed by atoms with Crippen LogP contribution < -0.4 is 5.32 Å². The van der Waals surface area contributed by atoms with Crippen LogP contribution in [0.3, 0.4) is 0 Å². The van der Waals surface area contributed by atoms with E-state index >= 15 is 0 Å². The molecule has 0 aliphatic rings. The number of amides is 1. The van der Waals surface area contributed by atoms with Gasteiger partial charge in [0.2, 0.25) is 0 Å². The van der Waals surface area contributed by atoms with Crippen LogP contribution in [0, 0.1) is 6.92 Å². The van der Waals surface area contributed by atoms with Crippen molar-refractivity contribution in [1.29, 1.82) is 0 Å². The van der Waals surface area contributed by atoms with Gasteiger partial charge in [0.15, 0.2) is 0 Å². The van der Waals surface area contributed by atoms with Gasteiger partial charge >= 0.3 is 6.09 Å². The Bertz CT molecular complexity index is 594. The third-order valence-corrected chi connectivity index (χ3v) is 3.60. The fourth-order valence-corrected chi connectivity index (χ4v) is 2.60. The summed E-state index contributed by atoms with van der Waals surface area (Å²) in [6.07, 6.45) is -0.433. The minimum atomic E-state index is -0.488. The van der Waals surface area contributed by atoms with E-state index in [0.717, 1.165) is 11.3 Å². The van der Waals surface area contributed by atoms with Crippen LogP contribution in [0.25, 0.3) is 10.4 Å². The number of aryl methyl sites for hydroxylation is 1. The van der Waals surface area contributed by atoms with Gasteiger partial charge in [0, 0.05) is 15.4 Å². The molecule has 1 N–H and O–H groups in total. The SMILES string of the molecule is Cc1ccc(-c2ccc(NC(=O)OC(C)(C)C)cc2)s1. The number of carbonyl (C=O) groups is 1. The van der Waals surface area contributed by atoms with E-state index in [1.165, 1.54) is 9.75 Å². The average molecular weight is 289 g/mol. The Morgan fingerprint density at radius 2 is 1.75 bits per heavy atom. The maximum Gasteiger partial charge on any atom is 0.412 e. The number of hydrogen-bond donors (Lipinski definition) is 1. The number of carbonyl (C=O) groups excluding carboxylic acids is 1. The molecule has 0 aliphatic heterocycles. The van der Waals surface area contributed by atoms with Crippen molar-refractivity contribution in [1.82, 2.24) is 0 Å². The Morgan fingerprint density at radius 1 is 1.10 bits per heavy atom. The van der Waals surface area contributed by atoms with E-state index in [1.807, 2.05) is 45.0 Å².